The molecule has 0 fully saturated rings. The molecule has 0 aliphatic rings. The topological polar surface area (TPSA) is 98.2 Å². The lowest BCUT2D eigenvalue weighted by Gasteiger charge is -2.06. The third-order valence-corrected chi connectivity index (χ3v) is 5.08. The quantitative estimate of drug-likeness (QED) is 0.856. The highest BCUT2D eigenvalue weighted by Gasteiger charge is 2.26. The van der Waals surface area contributed by atoms with Gasteiger partial charge >= 0.3 is 5.97 Å². The molecule has 0 bridgehead atoms. The van der Waals surface area contributed by atoms with Crippen molar-refractivity contribution in [3.05, 3.63) is 34.6 Å². The molecule has 7 nitrogen and oxygen atoms in total. The summed E-state index contributed by atoms with van der Waals surface area (Å²) in [5.74, 6) is -0.785. The summed E-state index contributed by atoms with van der Waals surface area (Å²) in [6, 6.07) is 2.85. The van der Waals surface area contributed by atoms with E-state index in [0.717, 1.165) is 18.4 Å². The summed E-state index contributed by atoms with van der Waals surface area (Å²) in [4.78, 5) is 19.0. The molecule has 0 amide bonds. The number of rotatable bonds is 4. The number of carbonyl (C=O) groups excluding carboxylic acids is 1. The molecule has 0 unspecified atom stereocenters. The van der Waals surface area contributed by atoms with Gasteiger partial charge in [0.2, 0.25) is 0 Å². The lowest BCUT2D eigenvalue weighted by Crippen LogP contribution is -2.16. The van der Waals surface area contributed by atoms with Crippen LogP contribution in [-0.2, 0) is 14.8 Å². The first-order valence-electron chi connectivity index (χ1n) is 5.10. The van der Waals surface area contributed by atoms with E-state index in [1.807, 2.05) is 0 Å². The number of methoxy groups -OCH3 is 1. The van der Waals surface area contributed by atoms with Gasteiger partial charge in [0.1, 0.15) is 5.82 Å². The van der Waals surface area contributed by atoms with Gasteiger partial charge < -0.3 is 4.74 Å². The normalized spacial score (nSPS) is 11.1. The summed E-state index contributed by atoms with van der Waals surface area (Å²) >= 11 is 6.54. The van der Waals surface area contributed by atoms with Crippen LogP contribution >= 0.6 is 22.9 Å². The SMILES string of the molecule is COC(=O)c1ncsc1S(=O)(=O)Nc1cc(Cl)ccn1. The Morgan fingerprint density at radius 2 is 2.20 bits per heavy atom. The van der Waals surface area contributed by atoms with E-state index in [0.29, 0.717) is 5.02 Å². The Labute approximate surface area is 123 Å². The molecular formula is C10H8ClN3O4S2. The number of pyridine rings is 1. The average Bonchev–Trinajstić information content (AvgIpc) is 2.87. The van der Waals surface area contributed by atoms with Crippen molar-refractivity contribution in [3.63, 3.8) is 0 Å². The number of nitrogens with one attached hydrogen (secondary N) is 1. The Bertz CT molecular complexity index is 744. The Balaban J connectivity index is 2.36. The van der Waals surface area contributed by atoms with Crippen LogP contribution < -0.4 is 4.72 Å². The van der Waals surface area contributed by atoms with E-state index in [1.54, 1.807) is 0 Å². The summed E-state index contributed by atoms with van der Waals surface area (Å²) in [6.45, 7) is 0. The van der Waals surface area contributed by atoms with E-state index >= 15 is 0 Å². The van der Waals surface area contributed by atoms with Gasteiger partial charge in [-0.2, -0.15) is 0 Å². The lowest BCUT2D eigenvalue weighted by atomic mass is 10.5. The minimum absolute atomic E-state index is 0.0433. The molecule has 0 saturated carbocycles. The van der Waals surface area contributed by atoms with Crippen LogP contribution in [0.1, 0.15) is 10.5 Å². The van der Waals surface area contributed by atoms with Crippen molar-refractivity contribution >= 4 is 44.7 Å². The fraction of sp³-hybridized carbons (Fsp3) is 0.100. The molecule has 0 aliphatic carbocycles. The predicted octanol–water partition coefficient (Wildman–Crippen LogP) is 1.78. The van der Waals surface area contributed by atoms with Gasteiger partial charge in [-0.3, -0.25) is 4.72 Å². The van der Waals surface area contributed by atoms with Crippen molar-refractivity contribution in [2.75, 3.05) is 11.8 Å². The Morgan fingerprint density at radius 1 is 1.45 bits per heavy atom. The van der Waals surface area contributed by atoms with Crippen LogP contribution in [0, 0.1) is 0 Å². The third kappa shape index (κ3) is 3.06. The second-order valence-electron chi connectivity index (χ2n) is 3.44. The molecule has 2 aromatic rings. The molecule has 0 saturated heterocycles. The van der Waals surface area contributed by atoms with Crippen LogP contribution in [-0.4, -0.2) is 31.5 Å². The maximum atomic E-state index is 12.2. The van der Waals surface area contributed by atoms with Crippen molar-refractivity contribution in [2.45, 2.75) is 4.21 Å². The van der Waals surface area contributed by atoms with Gasteiger partial charge in [0, 0.05) is 17.3 Å². The van der Waals surface area contributed by atoms with Gasteiger partial charge in [-0.15, -0.1) is 11.3 Å². The number of hydrogen-bond acceptors (Lipinski definition) is 7. The van der Waals surface area contributed by atoms with Crippen LogP contribution in [0.3, 0.4) is 0 Å². The van der Waals surface area contributed by atoms with Crippen molar-refractivity contribution in [1.29, 1.82) is 0 Å². The number of halogens is 1. The second kappa shape index (κ2) is 5.73. The maximum absolute atomic E-state index is 12.2. The lowest BCUT2D eigenvalue weighted by molar-refractivity contribution is 0.0590. The van der Waals surface area contributed by atoms with E-state index < -0.39 is 16.0 Å². The predicted molar refractivity (Wildman–Crippen MR) is 73.5 cm³/mol. The van der Waals surface area contributed by atoms with Gasteiger partial charge in [0.15, 0.2) is 9.90 Å². The van der Waals surface area contributed by atoms with E-state index in [4.69, 9.17) is 11.6 Å². The van der Waals surface area contributed by atoms with Gasteiger partial charge in [-0.25, -0.2) is 23.2 Å². The number of carbonyl (C=O) groups is 1. The number of thiazole rings is 1. The number of aromatic nitrogens is 2. The minimum atomic E-state index is -3.99. The van der Waals surface area contributed by atoms with Crippen molar-refractivity contribution in [3.8, 4) is 0 Å². The van der Waals surface area contributed by atoms with Crippen molar-refractivity contribution in [1.82, 2.24) is 9.97 Å². The molecule has 0 aliphatic heterocycles. The minimum Gasteiger partial charge on any atom is -0.464 e. The van der Waals surface area contributed by atoms with Crippen LogP contribution in [0.2, 0.25) is 5.02 Å². The molecule has 0 aromatic carbocycles. The molecular weight excluding hydrogens is 326 g/mol. The smallest absolute Gasteiger partial charge is 0.358 e. The monoisotopic (exact) mass is 333 g/mol. The number of sulfonamides is 1. The fourth-order valence-corrected chi connectivity index (χ4v) is 3.60. The first kappa shape index (κ1) is 14.7. The molecule has 2 rings (SSSR count). The number of ether oxygens (including phenoxy) is 1. The molecule has 2 heterocycles. The highest BCUT2D eigenvalue weighted by Crippen LogP contribution is 2.23. The van der Waals surface area contributed by atoms with Crippen LogP contribution in [0.4, 0.5) is 5.82 Å². The number of nitrogens with zero attached hydrogens (tertiary/aromatic N) is 2. The van der Waals surface area contributed by atoms with Gasteiger partial charge in [-0.1, -0.05) is 11.6 Å². The van der Waals surface area contributed by atoms with Gasteiger partial charge in [0.25, 0.3) is 10.0 Å². The van der Waals surface area contributed by atoms with Crippen LogP contribution in [0.25, 0.3) is 0 Å². The summed E-state index contributed by atoms with van der Waals surface area (Å²) < 4.78 is 30.8. The van der Waals surface area contributed by atoms with E-state index in [-0.39, 0.29) is 15.7 Å². The third-order valence-electron chi connectivity index (χ3n) is 2.12. The highest BCUT2D eigenvalue weighted by molar-refractivity contribution is 7.94. The summed E-state index contributed by atoms with van der Waals surface area (Å²) in [7, 11) is -2.85. The molecule has 0 radical (unpaired) electrons. The molecule has 106 valence electrons. The number of anilines is 1. The molecule has 2 aromatic heterocycles. The largest absolute Gasteiger partial charge is 0.464 e. The fourth-order valence-electron chi connectivity index (χ4n) is 1.30. The summed E-state index contributed by atoms with van der Waals surface area (Å²) in [6.07, 6.45) is 1.36. The number of hydrogen-bond donors (Lipinski definition) is 1. The molecule has 20 heavy (non-hydrogen) atoms. The number of esters is 1. The Morgan fingerprint density at radius 3 is 2.85 bits per heavy atom. The van der Waals surface area contributed by atoms with Crippen molar-refractivity contribution < 1.29 is 17.9 Å². The van der Waals surface area contributed by atoms with Gasteiger partial charge in [0.05, 0.1) is 12.6 Å². The van der Waals surface area contributed by atoms with Crippen LogP contribution in [0.5, 0.6) is 0 Å². The standard InChI is InChI=1S/C10H8ClN3O4S2/c1-18-9(15)8-10(19-5-13-8)20(16,17)14-7-4-6(11)2-3-12-7/h2-5H,1H3,(H,12,14). The Kier molecular flexibility index (Phi) is 4.21. The highest BCUT2D eigenvalue weighted by atomic mass is 35.5. The zero-order valence-electron chi connectivity index (χ0n) is 10.0. The van der Waals surface area contributed by atoms with E-state index in [1.165, 1.54) is 23.8 Å². The second-order valence-corrected chi connectivity index (χ2v) is 6.61. The average molecular weight is 334 g/mol. The van der Waals surface area contributed by atoms with E-state index in [2.05, 4.69) is 19.4 Å². The summed E-state index contributed by atoms with van der Waals surface area (Å²) in [5.41, 5.74) is 0.971. The molecule has 0 atom stereocenters. The Hall–Kier alpha value is -1.71. The molecule has 0 spiro atoms. The van der Waals surface area contributed by atoms with E-state index in [9.17, 15) is 13.2 Å². The molecule has 1 N–H and O–H groups in total. The van der Waals surface area contributed by atoms with Gasteiger partial charge in [-0.05, 0) is 6.07 Å². The zero-order valence-corrected chi connectivity index (χ0v) is 12.4. The first-order valence-corrected chi connectivity index (χ1v) is 7.84. The zero-order chi connectivity index (χ0) is 14.8. The van der Waals surface area contributed by atoms with Crippen molar-refractivity contribution in [2.24, 2.45) is 0 Å². The summed E-state index contributed by atoms with van der Waals surface area (Å²) in [5, 5.41) is 0.329. The maximum Gasteiger partial charge on any atom is 0.358 e. The first-order chi connectivity index (χ1) is 9.44. The van der Waals surface area contributed by atoms with Crippen LogP contribution in [0.15, 0.2) is 28.0 Å². The molecule has 10 heteroatoms.